The van der Waals surface area contributed by atoms with Crippen LogP contribution < -0.4 is 0 Å². The Hall–Kier alpha value is -0.0800. The Kier molecular flexibility index (Phi) is 5.01. The van der Waals surface area contributed by atoms with Crippen LogP contribution in [0.15, 0.2) is 0 Å². The van der Waals surface area contributed by atoms with Gasteiger partial charge in [0.25, 0.3) is 0 Å². The van der Waals surface area contributed by atoms with E-state index in [4.69, 9.17) is 9.84 Å². The average Bonchev–Trinajstić information content (AvgIpc) is 1.83. The van der Waals surface area contributed by atoms with Crippen molar-refractivity contribution in [2.24, 2.45) is 0 Å². The number of aliphatic hydroxyl groups is 1. The Bertz CT molecular complexity index is 45.8. The second kappa shape index (κ2) is 5.06. The van der Waals surface area contributed by atoms with E-state index in [1.165, 1.54) is 0 Å². The van der Waals surface area contributed by atoms with E-state index >= 15 is 0 Å². The molecule has 0 aliphatic carbocycles. The summed E-state index contributed by atoms with van der Waals surface area (Å²) in [6, 6.07) is 0. The van der Waals surface area contributed by atoms with Crippen molar-refractivity contribution in [3.8, 4) is 0 Å². The lowest BCUT2D eigenvalue weighted by molar-refractivity contribution is 0.0467. The van der Waals surface area contributed by atoms with Crippen LogP contribution in [0.4, 0.5) is 0 Å². The molecule has 0 aliphatic rings. The molecule has 8 heavy (non-hydrogen) atoms. The minimum Gasteiger partial charge on any atom is -0.391 e. The van der Waals surface area contributed by atoms with Gasteiger partial charge in [-0.2, -0.15) is 0 Å². The molecule has 0 spiro atoms. The van der Waals surface area contributed by atoms with Gasteiger partial charge < -0.3 is 9.84 Å². The van der Waals surface area contributed by atoms with Crippen molar-refractivity contribution in [2.75, 3.05) is 13.2 Å². The fourth-order valence-corrected chi connectivity index (χ4v) is 0.337. The van der Waals surface area contributed by atoms with E-state index in [9.17, 15) is 0 Å². The summed E-state index contributed by atoms with van der Waals surface area (Å²) in [5.41, 5.74) is 0. The number of hydrogen-bond donors (Lipinski definition) is 1. The molecule has 0 bridgehead atoms. The van der Waals surface area contributed by atoms with Crippen LogP contribution in [0.3, 0.4) is 0 Å². The Labute approximate surface area is 50.5 Å². The summed E-state index contributed by atoms with van der Waals surface area (Å²) >= 11 is 0. The quantitative estimate of drug-likeness (QED) is 0.584. The van der Waals surface area contributed by atoms with E-state index in [1.807, 2.05) is 6.92 Å². The molecule has 0 amide bonds. The predicted octanol–water partition coefficient (Wildman–Crippen LogP) is 0.608. The van der Waals surface area contributed by atoms with Gasteiger partial charge in [0.2, 0.25) is 0 Å². The molecule has 0 aromatic carbocycles. The molecule has 0 saturated carbocycles. The first-order chi connectivity index (χ1) is 3.81. The van der Waals surface area contributed by atoms with Crippen molar-refractivity contribution in [1.82, 2.24) is 0 Å². The fraction of sp³-hybridized carbons (Fsp3) is 0.833. The number of aliphatic hydroxyl groups excluding tert-OH is 1. The van der Waals surface area contributed by atoms with E-state index in [0.717, 1.165) is 6.42 Å². The molecule has 0 aromatic rings. The highest BCUT2D eigenvalue weighted by molar-refractivity contribution is 4.47. The highest BCUT2D eigenvalue weighted by Gasteiger charge is 1.96. The second-order valence-electron chi connectivity index (χ2n) is 1.64. The zero-order valence-electron chi connectivity index (χ0n) is 5.26. The van der Waals surface area contributed by atoms with E-state index in [2.05, 4.69) is 6.92 Å². The molecule has 1 radical (unpaired) electrons. The molecule has 0 aliphatic heterocycles. The Balaban J connectivity index is 2.86. The lowest BCUT2D eigenvalue weighted by Gasteiger charge is -2.05. The van der Waals surface area contributed by atoms with Gasteiger partial charge >= 0.3 is 0 Å². The number of hydrogen-bond acceptors (Lipinski definition) is 2. The molecule has 0 aromatic heterocycles. The van der Waals surface area contributed by atoms with Gasteiger partial charge in [0.15, 0.2) is 0 Å². The third-order valence-electron chi connectivity index (χ3n) is 0.926. The Morgan fingerprint density at radius 1 is 1.75 bits per heavy atom. The van der Waals surface area contributed by atoms with Gasteiger partial charge in [-0.25, -0.2) is 0 Å². The lowest BCUT2D eigenvalue weighted by atomic mass is 10.3. The summed E-state index contributed by atoms with van der Waals surface area (Å²) < 4.78 is 4.83. The maximum Gasteiger partial charge on any atom is 0.0771 e. The van der Waals surface area contributed by atoms with Gasteiger partial charge in [-0.15, -0.1) is 0 Å². The monoisotopic (exact) mass is 117 g/mol. The molecule has 2 nitrogen and oxygen atoms in total. The Morgan fingerprint density at radius 3 is 2.75 bits per heavy atom. The maximum absolute atomic E-state index is 8.84. The minimum absolute atomic E-state index is 0.309. The van der Waals surface area contributed by atoms with Gasteiger partial charge in [-0.1, -0.05) is 6.92 Å². The molecule has 2 heteroatoms. The van der Waals surface area contributed by atoms with Crippen molar-refractivity contribution < 1.29 is 9.84 Å². The summed E-state index contributed by atoms with van der Waals surface area (Å²) in [6.45, 7) is 6.23. The summed E-state index contributed by atoms with van der Waals surface area (Å²) in [6.07, 6.45) is 0.441. The number of rotatable bonds is 4. The first-order valence-corrected chi connectivity index (χ1v) is 2.86. The molecule has 0 fully saturated rings. The topological polar surface area (TPSA) is 29.5 Å². The molecular weight excluding hydrogens is 104 g/mol. The zero-order valence-corrected chi connectivity index (χ0v) is 5.26. The Morgan fingerprint density at radius 2 is 2.38 bits per heavy atom. The largest absolute Gasteiger partial charge is 0.391 e. The van der Waals surface area contributed by atoms with Gasteiger partial charge in [0.1, 0.15) is 0 Å². The van der Waals surface area contributed by atoms with Gasteiger partial charge in [-0.3, -0.25) is 0 Å². The van der Waals surface area contributed by atoms with Gasteiger partial charge in [-0.05, 0) is 13.3 Å². The smallest absolute Gasteiger partial charge is 0.0771 e. The van der Waals surface area contributed by atoms with Gasteiger partial charge in [0, 0.05) is 6.61 Å². The first-order valence-electron chi connectivity index (χ1n) is 2.86. The third kappa shape index (κ3) is 4.09. The van der Waals surface area contributed by atoms with Crippen LogP contribution in [0.2, 0.25) is 0 Å². The first kappa shape index (κ1) is 7.92. The standard InChI is InChI=1S/C6H13O2/c1-3-6(7)5-8-4-2/h6-7H,2-5H2,1H3. The van der Waals surface area contributed by atoms with Crippen LogP contribution in [0, 0.1) is 6.92 Å². The predicted molar refractivity (Wildman–Crippen MR) is 32.5 cm³/mol. The van der Waals surface area contributed by atoms with Crippen LogP contribution in [0.1, 0.15) is 13.3 Å². The normalized spacial score (nSPS) is 13.9. The van der Waals surface area contributed by atoms with Crippen molar-refractivity contribution in [2.45, 2.75) is 19.4 Å². The SMILES string of the molecule is [CH2]COCC(O)CC. The molecule has 0 saturated heterocycles. The second-order valence-corrected chi connectivity index (χ2v) is 1.64. The third-order valence-corrected chi connectivity index (χ3v) is 0.926. The summed E-state index contributed by atoms with van der Waals surface area (Å²) in [4.78, 5) is 0. The van der Waals surface area contributed by atoms with E-state index in [0.29, 0.717) is 13.2 Å². The molecule has 1 unspecified atom stereocenters. The van der Waals surface area contributed by atoms with Crippen LogP contribution in [-0.4, -0.2) is 24.4 Å². The molecule has 1 N–H and O–H groups in total. The van der Waals surface area contributed by atoms with Crippen LogP contribution >= 0.6 is 0 Å². The van der Waals surface area contributed by atoms with Crippen molar-refractivity contribution in [1.29, 1.82) is 0 Å². The molecule has 0 rings (SSSR count). The molecule has 49 valence electrons. The summed E-state index contributed by atoms with van der Waals surface area (Å²) in [5, 5.41) is 8.84. The zero-order chi connectivity index (χ0) is 6.41. The molecular formula is C6H13O2. The van der Waals surface area contributed by atoms with Gasteiger partial charge in [0.05, 0.1) is 12.7 Å². The highest BCUT2D eigenvalue weighted by Crippen LogP contribution is 1.88. The minimum atomic E-state index is -0.309. The summed E-state index contributed by atoms with van der Waals surface area (Å²) in [7, 11) is 0. The fourth-order valence-electron chi connectivity index (χ4n) is 0.337. The van der Waals surface area contributed by atoms with Crippen molar-refractivity contribution in [3.05, 3.63) is 6.92 Å². The summed E-state index contributed by atoms with van der Waals surface area (Å²) in [5.74, 6) is 0. The molecule has 1 atom stereocenters. The van der Waals surface area contributed by atoms with E-state index < -0.39 is 0 Å². The maximum atomic E-state index is 8.84. The van der Waals surface area contributed by atoms with Crippen LogP contribution in [-0.2, 0) is 4.74 Å². The highest BCUT2D eigenvalue weighted by atomic mass is 16.5. The van der Waals surface area contributed by atoms with E-state index in [1.54, 1.807) is 0 Å². The van der Waals surface area contributed by atoms with Crippen LogP contribution in [0.5, 0.6) is 0 Å². The van der Waals surface area contributed by atoms with Crippen LogP contribution in [0.25, 0.3) is 0 Å². The molecule has 0 heterocycles. The number of ether oxygens (including phenoxy) is 1. The van der Waals surface area contributed by atoms with Crippen molar-refractivity contribution >= 4 is 0 Å². The van der Waals surface area contributed by atoms with Crippen molar-refractivity contribution in [3.63, 3.8) is 0 Å². The lowest BCUT2D eigenvalue weighted by Crippen LogP contribution is -2.13. The van der Waals surface area contributed by atoms with E-state index in [-0.39, 0.29) is 6.10 Å². The average molecular weight is 117 g/mol.